The summed E-state index contributed by atoms with van der Waals surface area (Å²) in [6.45, 7) is 5.30. The molecule has 0 aromatic heterocycles. The van der Waals surface area contributed by atoms with Crippen LogP contribution in [0.25, 0.3) is 0 Å². The molecule has 0 aliphatic heterocycles. The molecule has 1 rings (SSSR count). The molecule has 0 saturated heterocycles. The van der Waals surface area contributed by atoms with Crippen LogP contribution in [0.2, 0.25) is 0 Å². The number of carbonyl (C=O) groups excluding carboxylic acids is 1. The second-order valence-electron chi connectivity index (χ2n) is 5.08. The molecule has 0 spiro atoms. The van der Waals surface area contributed by atoms with Gasteiger partial charge in [0.05, 0.1) is 4.90 Å². The Balaban J connectivity index is 2.90. The number of ether oxygens (including phenoxy) is 1. The number of amides is 1. The number of anilines is 1. The number of primary sulfonamides is 1. The number of sulfonamides is 1. The van der Waals surface area contributed by atoms with Gasteiger partial charge in [0.1, 0.15) is 5.60 Å². The van der Waals surface area contributed by atoms with Gasteiger partial charge in [-0.2, -0.15) is 0 Å². The molecule has 0 aliphatic rings. The maximum Gasteiger partial charge on any atom is 0.414 e. The van der Waals surface area contributed by atoms with Crippen molar-refractivity contribution in [2.45, 2.75) is 31.3 Å². The van der Waals surface area contributed by atoms with Crippen molar-refractivity contribution in [2.24, 2.45) is 5.14 Å². The lowest BCUT2D eigenvalue weighted by molar-refractivity contribution is 0.0589. The SMILES string of the molecule is CN(C(=O)OC(C)(C)C)c1ccc(S(N)(=O)=O)cc1. The number of hydrogen-bond acceptors (Lipinski definition) is 4. The van der Waals surface area contributed by atoms with Gasteiger partial charge in [-0.05, 0) is 45.0 Å². The summed E-state index contributed by atoms with van der Waals surface area (Å²) in [6, 6.07) is 5.66. The molecule has 1 amide bonds. The topological polar surface area (TPSA) is 89.7 Å². The van der Waals surface area contributed by atoms with Gasteiger partial charge in [-0.3, -0.25) is 4.90 Å². The van der Waals surface area contributed by atoms with Crippen LogP contribution in [0.4, 0.5) is 10.5 Å². The van der Waals surface area contributed by atoms with Crippen LogP contribution >= 0.6 is 0 Å². The second kappa shape index (κ2) is 5.18. The predicted molar refractivity (Wildman–Crippen MR) is 72.5 cm³/mol. The molecular weight excluding hydrogens is 268 g/mol. The Morgan fingerprint density at radius 2 is 1.68 bits per heavy atom. The zero-order valence-electron chi connectivity index (χ0n) is 11.4. The Morgan fingerprint density at radius 1 is 1.21 bits per heavy atom. The third kappa shape index (κ3) is 4.53. The zero-order chi connectivity index (χ0) is 14.8. The number of nitrogens with zero attached hydrogens (tertiary/aromatic N) is 1. The lowest BCUT2D eigenvalue weighted by Crippen LogP contribution is -2.34. The van der Waals surface area contributed by atoms with Crippen molar-refractivity contribution >= 4 is 21.8 Å². The van der Waals surface area contributed by atoms with E-state index in [9.17, 15) is 13.2 Å². The van der Waals surface area contributed by atoms with E-state index in [-0.39, 0.29) is 4.90 Å². The molecule has 0 unspecified atom stereocenters. The van der Waals surface area contributed by atoms with Gasteiger partial charge in [0.15, 0.2) is 0 Å². The number of benzene rings is 1. The highest BCUT2D eigenvalue weighted by atomic mass is 32.2. The van der Waals surface area contributed by atoms with Gasteiger partial charge >= 0.3 is 6.09 Å². The van der Waals surface area contributed by atoms with E-state index in [1.165, 1.54) is 29.2 Å². The normalized spacial score (nSPS) is 12.1. The van der Waals surface area contributed by atoms with Gasteiger partial charge in [0.2, 0.25) is 10.0 Å². The first-order valence-corrected chi connectivity index (χ1v) is 7.15. The highest BCUT2D eigenvalue weighted by Gasteiger charge is 2.20. The fraction of sp³-hybridized carbons (Fsp3) is 0.417. The van der Waals surface area contributed by atoms with Gasteiger partial charge in [0, 0.05) is 12.7 Å². The molecule has 1 aromatic carbocycles. The van der Waals surface area contributed by atoms with Crippen molar-refractivity contribution in [3.05, 3.63) is 24.3 Å². The maximum absolute atomic E-state index is 11.8. The standard InChI is InChI=1S/C12H18N2O4S/c1-12(2,3)18-11(15)14(4)9-5-7-10(8-6-9)19(13,16)17/h5-8H,1-4H3,(H2,13,16,17). The van der Waals surface area contributed by atoms with Gasteiger partial charge in [-0.25, -0.2) is 18.4 Å². The predicted octanol–water partition coefficient (Wildman–Crippen LogP) is 1.71. The van der Waals surface area contributed by atoms with Crippen molar-refractivity contribution in [2.75, 3.05) is 11.9 Å². The van der Waals surface area contributed by atoms with Crippen molar-refractivity contribution in [1.82, 2.24) is 0 Å². The van der Waals surface area contributed by atoms with Crippen LogP contribution in [0.3, 0.4) is 0 Å². The lowest BCUT2D eigenvalue weighted by atomic mass is 10.2. The summed E-state index contributed by atoms with van der Waals surface area (Å²) < 4.78 is 27.4. The quantitative estimate of drug-likeness (QED) is 0.896. The molecule has 6 nitrogen and oxygen atoms in total. The molecular formula is C12H18N2O4S. The summed E-state index contributed by atoms with van der Waals surface area (Å²) in [5.74, 6) is 0. The van der Waals surface area contributed by atoms with Gasteiger partial charge in [-0.15, -0.1) is 0 Å². The van der Waals surface area contributed by atoms with Crippen LogP contribution in [0.5, 0.6) is 0 Å². The Morgan fingerprint density at radius 3 is 2.05 bits per heavy atom. The van der Waals surface area contributed by atoms with Crippen LogP contribution in [-0.2, 0) is 14.8 Å². The van der Waals surface area contributed by atoms with Gasteiger partial charge < -0.3 is 4.74 Å². The monoisotopic (exact) mass is 286 g/mol. The van der Waals surface area contributed by atoms with Crippen molar-refractivity contribution in [1.29, 1.82) is 0 Å². The molecule has 0 saturated carbocycles. The molecule has 0 atom stereocenters. The molecule has 0 heterocycles. The Hall–Kier alpha value is -1.60. The number of rotatable bonds is 2. The largest absolute Gasteiger partial charge is 0.443 e. The number of nitrogens with two attached hydrogens (primary N) is 1. The maximum atomic E-state index is 11.8. The fourth-order valence-electron chi connectivity index (χ4n) is 1.30. The van der Waals surface area contributed by atoms with Crippen LogP contribution in [0.1, 0.15) is 20.8 Å². The zero-order valence-corrected chi connectivity index (χ0v) is 12.2. The molecule has 0 aliphatic carbocycles. The van der Waals surface area contributed by atoms with Crippen molar-refractivity contribution in [3.8, 4) is 0 Å². The fourth-order valence-corrected chi connectivity index (χ4v) is 1.81. The third-order valence-electron chi connectivity index (χ3n) is 2.22. The minimum Gasteiger partial charge on any atom is -0.443 e. The molecule has 19 heavy (non-hydrogen) atoms. The summed E-state index contributed by atoms with van der Waals surface area (Å²) in [5.41, 5.74) is -0.0760. The smallest absolute Gasteiger partial charge is 0.414 e. The van der Waals surface area contributed by atoms with E-state index < -0.39 is 21.7 Å². The molecule has 0 radical (unpaired) electrons. The summed E-state index contributed by atoms with van der Waals surface area (Å²) in [5, 5.41) is 4.99. The number of hydrogen-bond donors (Lipinski definition) is 1. The molecule has 2 N–H and O–H groups in total. The van der Waals surface area contributed by atoms with Crippen LogP contribution in [-0.4, -0.2) is 27.2 Å². The highest BCUT2D eigenvalue weighted by molar-refractivity contribution is 7.89. The third-order valence-corrected chi connectivity index (χ3v) is 3.15. The number of carbonyl (C=O) groups is 1. The van der Waals surface area contributed by atoms with E-state index in [1.54, 1.807) is 27.8 Å². The van der Waals surface area contributed by atoms with E-state index in [0.717, 1.165) is 0 Å². The average Bonchev–Trinajstić information content (AvgIpc) is 2.24. The van der Waals surface area contributed by atoms with Crippen LogP contribution in [0, 0.1) is 0 Å². The van der Waals surface area contributed by atoms with Gasteiger partial charge in [-0.1, -0.05) is 0 Å². The Bertz CT molecular complexity index is 558. The average molecular weight is 286 g/mol. The molecule has 0 bridgehead atoms. The molecule has 7 heteroatoms. The van der Waals surface area contributed by atoms with Crippen molar-refractivity contribution < 1.29 is 17.9 Å². The molecule has 106 valence electrons. The Labute approximate surface area is 113 Å². The van der Waals surface area contributed by atoms with E-state index in [2.05, 4.69) is 0 Å². The Kier molecular flexibility index (Phi) is 4.21. The van der Waals surface area contributed by atoms with E-state index in [4.69, 9.17) is 9.88 Å². The van der Waals surface area contributed by atoms with Crippen LogP contribution in [0.15, 0.2) is 29.2 Å². The minimum atomic E-state index is -3.73. The van der Waals surface area contributed by atoms with E-state index in [1.807, 2.05) is 0 Å². The second-order valence-corrected chi connectivity index (χ2v) is 6.64. The molecule has 1 aromatic rings. The highest BCUT2D eigenvalue weighted by Crippen LogP contribution is 2.18. The minimum absolute atomic E-state index is 0.00570. The first kappa shape index (κ1) is 15.5. The first-order chi connectivity index (χ1) is 8.50. The van der Waals surface area contributed by atoms with Gasteiger partial charge in [0.25, 0.3) is 0 Å². The first-order valence-electron chi connectivity index (χ1n) is 5.60. The van der Waals surface area contributed by atoms with E-state index >= 15 is 0 Å². The summed E-state index contributed by atoms with van der Waals surface area (Å²) in [4.78, 5) is 13.1. The molecule has 0 fully saturated rings. The van der Waals surface area contributed by atoms with Crippen LogP contribution < -0.4 is 10.0 Å². The lowest BCUT2D eigenvalue weighted by Gasteiger charge is -2.24. The summed E-state index contributed by atoms with van der Waals surface area (Å²) in [6.07, 6.45) is -0.518. The van der Waals surface area contributed by atoms with E-state index in [0.29, 0.717) is 5.69 Å². The van der Waals surface area contributed by atoms with Crippen molar-refractivity contribution in [3.63, 3.8) is 0 Å². The summed E-state index contributed by atoms with van der Waals surface area (Å²) in [7, 11) is -2.19. The summed E-state index contributed by atoms with van der Waals surface area (Å²) >= 11 is 0.